The van der Waals surface area contributed by atoms with Crippen LogP contribution in [0.15, 0.2) is 12.1 Å². The molecule has 1 atom stereocenters. The summed E-state index contributed by atoms with van der Waals surface area (Å²) in [7, 11) is 0. The van der Waals surface area contributed by atoms with E-state index in [1.54, 1.807) is 11.3 Å². The molecule has 0 saturated carbocycles. The molecule has 1 fully saturated rings. The maximum atomic E-state index is 12.6. The summed E-state index contributed by atoms with van der Waals surface area (Å²) in [5, 5.41) is 3.27. The highest BCUT2D eigenvalue weighted by atomic mass is 35.5. The van der Waals surface area contributed by atoms with E-state index in [4.69, 9.17) is 11.6 Å². The van der Waals surface area contributed by atoms with E-state index in [0.717, 1.165) is 35.3 Å². The molecule has 19 heavy (non-hydrogen) atoms. The molecule has 1 amide bonds. The van der Waals surface area contributed by atoms with Crippen molar-refractivity contribution in [1.29, 1.82) is 0 Å². The van der Waals surface area contributed by atoms with Gasteiger partial charge in [-0.3, -0.25) is 4.79 Å². The fraction of sp³-hybridized carbons (Fsp3) is 0.615. The number of hydrogen-bond acceptors (Lipinski definition) is 3. The van der Waals surface area contributed by atoms with Crippen molar-refractivity contribution in [3.8, 4) is 0 Å². The number of carbonyl (C=O) groups is 1. The lowest BCUT2D eigenvalue weighted by Crippen LogP contribution is -2.43. The second-order valence-corrected chi connectivity index (χ2v) is 6.81. The van der Waals surface area contributed by atoms with Crippen LogP contribution in [0.3, 0.4) is 0 Å². The summed E-state index contributed by atoms with van der Waals surface area (Å²) in [5.74, 6) is 0.250. The lowest BCUT2D eigenvalue weighted by atomic mass is 9.88. The van der Waals surface area contributed by atoms with Crippen LogP contribution in [0.5, 0.6) is 0 Å². The normalized spacial score (nSPS) is 22.1. The van der Waals surface area contributed by atoms with Crippen LogP contribution in [0.1, 0.15) is 25.1 Å². The third kappa shape index (κ3) is 3.85. The quantitative estimate of drug-likeness (QED) is 0.923. The summed E-state index contributed by atoms with van der Waals surface area (Å²) < 4.78 is 0.780. The number of rotatable bonds is 4. The molecule has 0 aliphatic carbocycles. The van der Waals surface area contributed by atoms with Crippen LogP contribution in [0.4, 0.5) is 0 Å². The zero-order chi connectivity index (χ0) is 13.2. The van der Waals surface area contributed by atoms with E-state index in [9.17, 15) is 4.79 Å². The van der Waals surface area contributed by atoms with Crippen LogP contribution in [0.2, 0.25) is 4.34 Å². The van der Waals surface area contributed by atoms with Crippen molar-refractivity contribution < 1.29 is 4.79 Å². The maximum absolute atomic E-state index is 12.6. The van der Waals surface area contributed by atoms with Gasteiger partial charge in [0.2, 0.25) is 5.91 Å². The van der Waals surface area contributed by atoms with Crippen molar-refractivity contribution in [3.05, 3.63) is 21.3 Å². The third-order valence-electron chi connectivity index (χ3n) is 3.53. The minimum absolute atomic E-state index is 0. The van der Waals surface area contributed by atoms with Gasteiger partial charge in [0.15, 0.2) is 0 Å². The summed E-state index contributed by atoms with van der Waals surface area (Å²) in [5.41, 5.74) is -0.239. The Bertz CT molecular complexity index is 430. The highest BCUT2D eigenvalue weighted by molar-refractivity contribution is 7.16. The Morgan fingerprint density at radius 2 is 2.32 bits per heavy atom. The molecule has 1 saturated heterocycles. The van der Waals surface area contributed by atoms with E-state index in [1.165, 1.54) is 0 Å². The number of thiophene rings is 1. The average molecular weight is 323 g/mol. The molecular weight excluding hydrogens is 303 g/mol. The van der Waals surface area contributed by atoms with Crippen molar-refractivity contribution in [2.45, 2.75) is 26.8 Å². The highest BCUT2D eigenvalue weighted by Crippen LogP contribution is 2.29. The van der Waals surface area contributed by atoms with Crippen LogP contribution in [0.25, 0.3) is 0 Å². The molecule has 1 N–H and O–H groups in total. The molecule has 0 aromatic carbocycles. The van der Waals surface area contributed by atoms with Gasteiger partial charge in [0.1, 0.15) is 0 Å². The highest BCUT2D eigenvalue weighted by Gasteiger charge is 2.38. The summed E-state index contributed by atoms with van der Waals surface area (Å²) in [6.07, 6.45) is 0.924. The smallest absolute Gasteiger partial charge is 0.230 e. The zero-order valence-electron chi connectivity index (χ0n) is 11.2. The maximum Gasteiger partial charge on any atom is 0.230 e. The summed E-state index contributed by atoms with van der Waals surface area (Å²) in [6, 6.07) is 3.89. The van der Waals surface area contributed by atoms with Crippen LogP contribution >= 0.6 is 35.3 Å². The van der Waals surface area contributed by atoms with Gasteiger partial charge in [0.05, 0.1) is 16.3 Å². The molecule has 0 bridgehead atoms. The topological polar surface area (TPSA) is 32.3 Å². The molecule has 0 radical (unpaired) electrons. The number of nitrogens with zero attached hydrogens (tertiary/aromatic N) is 1. The molecule has 6 heteroatoms. The molecule has 3 nitrogen and oxygen atoms in total. The molecule has 0 spiro atoms. The van der Waals surface area contributed by atoms with Gasteiger partial charge in [-0.15, -0.1) is 23.7 Å². The minimum Gasteiger partial charge on any atom is -0.337 e. The van der Waals surface area contributed by atoms with Gasteiger partial charge in [-0.2, -0.15) is 0 Å². The second kappa shape index (κ2) is 6.93. The first-order valence-electron chi connectivity index (χ1n) is 6.29. The Morgan fingerprint density at radius 1 is 1.58 bits per heavy atom. The lowest BCUT2D eigenvalue weighted by Gasteiger charge is -2.30. The van der Waals surface area contributed by atoms with Crippen LogP contribution in [-0.2, 0) is 11.3 Å². The molecule has 1 aromatic heterocycles. The zero-order valence-corrected chi connectivity index (χ0v) is 13.6. The molecule has 2 rings (SSSR count). The van der Waals surface area contributed by atoms with E-state index >= 15 is 0 Å². The Morgan fingerprint density at radius 3 is 2.79 bits per heavy atom. The molecule has 2 heterocycles. The van der Waals surface area contributed by atoms with Gasteiger partial charge in [-0.05, 0) is 38.9 Å². The first-order valence-corrected chi connectivity index (χ1v) is 7.49. The number of hydrogen-bond donors (Lipinski definition) is 1. The molecular formula is C13H20Cl2N2OS. The molecule has 108 valence electrons. The summed E-state index contributed by atoms with van der Waals surface area (Å²) >= 11 is 7.47. The van der Waals surface area contributed by atoms with Crippen molar-refractivity contribution >= 4 is 41.3 Å². The number of amides is 1. The monoisotopic (exact) mass is 322 g/mol. The summed E-state index contributed by atoms with van der Waals surface area (Å²) in [4.78, 5) is 15.6. The van der Waals surface area contributed by atoms with Crippen LogP contribution < -0.4 is 5.32 Å². The summed E-state index contributed by atoms with van der Waals surface area (Å²) in [6.45, 7) is 7.21. The van der Waals surface area contributed by atoms with E-state index in [2.05, 4.69) is 12.2 Å². The van der Waals surface area contributed by atoms with Crippen LogP contribution in [0, 0.1) is 5.41 Å². The number of halogens is 2. The Labute approximate surface area is 129 Å². The lowest BCUT2D eigenvalue weighted by molar-refractivity contribution is -0.140. The van der Waals surface area contributed by atoms with Gasteiger partial charge in [0, 0.05) is 18.0 Å². The number of nitrogens with one attached hydrogen (secondary N) is 1. The largest absolute Gasteiger partial charge is 0.337 e. The standard InChI is InChI=1S/C13H19ClN2OS.ClH/c1-3-16(8-10-4-5-11(14)18-10)12(17)13(2)6-7-15-9-13;/h4-5,15H,3,6-9H2,1-2H3;1H. The van der Waals surface area contributed by atoms with Gasteiger partial charge >= 0.3 is 0 Å². The first kappa shape index (κ1) is 16.8. The Balaban J connectivity index is 0.00000180. The minimum atomic E-state index is -0.239. The fourth-order valence-corrected chi connectivity index (χ4v) is 3.44. The average Bonchev–Trinajstić information content (AvgIpc) is 2.95. The molecule has 1 aliphatic heterocycles. The first-order chi connectivity index (χ1) is 8.55. The third-order valence-corrected chi connectivity index (χ3v) is 4.75. The number of carbonyl (C=O) groups excluding carboxylic acids is 1. The van der Waals surface area contributed by atoms with Gasteiger partial charge in [-0.1, -0.05) is 11.6 Å². The predicted molar refractivity (Wildman–Crippen MR) is 83.3 cm³/mol. The molecule has 1 aliphatic rings. The fourth-order valence-electron chi connectivity index (χ4n) is 2.33. The van der Waals surface area contributed by atoms with E-state index in [1.807, 2.05) is 24.0 Å². The second-order valence-electron chi connectivity index (χ2n) is 5.01. The van der Waals surface area contributed by atoms with Crippen molar-refractivity contribution in [1.82, 2.24) is 10.2 Å². The Hall–Kier alpha value is -0.290. The van der Waals surface area contributed by atoms with E-state index in [0.29, 0.717) is 6.54 Å². The molecule has 1 aromatic rings. The van der Waals surface area contributed by atoms with Crippen LogP contribution in [-0.4, -0.2) is 30.4 Å². The SMILES string of the molecule is CCN(Cc1ccc(Cl)s1)C(=O)C1(C)CCNC1.Cl. The van der Waals surface area contributed by atoms with Gasteiger partial charge in [-0.25, -0.2) is 0 Å². The van der Waals surface area contributed by atoms with Crippen molar-refractivity contribution in [2.24, 2.45) is 5.41 Å². The molecule has 1 unspecified atom stereocenters. The predicted octanol–water partition coefficient (Wildman–Crippen LogP) is 3.17. The van der Waals surface area contributed by atoms with E-state index < -0.39 is 0 Å². The van der Waals surface area contributed by atoms with E-state index in [-0.39, 0.29) is 23.7 Å². The van der Waals surface area contributed by atoms with Gasteiger partial charge in [0.25, 0.3) is 0 Å². The van der Waals surface area contributed by atoms with Crippen molar-refractivity contribution in [3.63, 3.8) is 0 Å². The van der Waals surface area contributed by atoms with Crippen molar-refractivity contribution in [2.75, 3.05) is 19.6 Å². The van der Waals surface area contributed by atoms with Gasteiger partial charge < -0.3 is 10.2 Å². The Kier molecular flexibility index (Phi) is 6.12.